The van der Waals surface area contributed by atoms with Gasteiger partial charge in [-0.25, -0.2) is 9.97 Å². The number of ether oxygens (including phenoxy) is 1. The van der Waals surface area contributed by atoms with Gasteiger partial charge in [-0.2, -0.15) is 0 Å². The van der Waals surface area contributed by atoms with Crippen LogP contribution in [0.5, 0.6) is 0 Å². The second-order valence-corrected chi connectivity index (χ2v) is 6.44. The lowest BCUT2D eigenvalue weighted by Crippen LogP contribution is -2.42. The van der Waals surface area contributed by atoms with Crippen LogP contribution in [0.2, 0.25) is 0 Å². The zero-order valence-electron chi connectivity index (χ0n) is 14.9. The molecule has 25 heavy (non-hydrogen) atoms. The minimum Gasteiger partial charge on any atom is -0.466 e. The van der Waals surface area contributed by atoms with E-state index in [1.165, 1.54) is 0 Å². The van der Waals surface area contributed by atoms with Gasteiger partial charge in [0.25, 0.3) is 5.91 Å². The van der Waals surface area contributed by atoms with Crippen molar-refractivity contribution in [1.29, 1.82) is 0 Å². The molecule has 2 heterocycles. The van der Waals surface area contributed by atoms with Gasteiger partial charge in [-0.05, 0) is 51.8 Å². The average molecular weight is 341 g/mol. The number of amides is 1. The summed E-state index contributed by atoms with van der Waals surface area (Å²) in [4.78, 5) is 35.6. The molecule has 0 spiro atoms. The van der Waals surface area contributed by atoms with Gasteiger partial charge >= 0.3 is 5.97 Å². The summed E-state index contributed by atoms with van der Waals surface area (Å²) in [6.07, 6.45) is 1.57. The molecule has 1 amide bonds. The summed E-state index contributed by atoms with van der Waals surface area (Å²) in [6, 6.07) is 5.39. The van der Waals surface area contributed by atoms with Crippen LogP contribution in [0.1, 0.15) is 41.5 Å². The van der Waals surface area contributed by atoms with Gasteiger partial charge < -0.3 is 9.64 Å². The number of carbonyl (C=O) groups excluding carboxylic acids is 2. The third kappa shape index (κ3) is 3.62. The zero-order valence-corrected chi connectivity index (χ0v) is 14.9. The SMILES string of the molecule is CCOC(=O)[C@@H]1CCCN(C(=O)c2ccc3nc(C)c(C)nc3c2)C1. The van der Waals surface area contributed by atoms with Crippen molar-refractivity contribution in [2.24, 2.45) is 5.92 Å². The number of nitrogens with zero attached hydrogens (tertiary/aromatic N) is 3. The first kappa shape index (κ1) is 17.3. The van der Waals surface area contributed by atoms with Gasteiger partial charge in [-0.3, -0.25) is 9.59 Å². The number of benzene rings is 1. The van der Waals surface area contributed by atoms with E-state index in [-0.39, 0.29) is 17.8 Å². The molecule has 1 saturated heterocycles. The Morgan fingerprint density at radius 3 is 2.64 bits per heavy atom. The van der Waals surface area contributed by atoms with E-state index in [4.69, 9.17) is 4.74 Å². The smallest absolute Gasteiger partial charge is 0.310 e. The summed E-state index contributed by atoms with van der Waals surface area (Å²) in [6.45, 7) is 7.06. The number of aromatic nitrogens is 2. The van der Waals surface area contributed by atoms with Crippen molar-refractivity contribution in [3.8, 4) is 0 Å². The van der Waals surface area contributed by atoms with Crippen LogP contribution < -0.4 is 0 Å². The number of piperidine rings is 1. The van der Waals surface area contributed by atoms with Crippen LogP contribution in [0, 0.1) is 19.8 Å². The van der Waals surface area contributed by atoms with Crippen molar-refractivity contribution in [1.82, 2.24) is 14.9 Å². The fourth-order valence-corrected chi connectivity index (χ4v) is 3.16. The predicted octanol–water partition coefficient (Wildman–Crippen LogP) is 2.66. The molecule has 1 aliphatic rings. The Hall–Kier alpha value is -2.50. The highest BCUT2D eigenvalue weighted by Gasteiger charge is 2.29. The number of carbonyl (C=O) groups is 2. The first-order valence-electron chi connectivity index (χ1n) is 8.70. The molecule has 0 radical (unpaired) electrons. The minimum atomic E-state index is -0.234. The Bertz CT molecular complexity index is 819. The number of likely N-dealkylation sites (tertiary alicyclic amines) is 1. The maximum absolute atomic E-state index is 12.8. The lowest BCUT2D eigenvalue weighted by Gasteiger charge is -2.31. The average Bonchev–Trinajstić information content (AvgIpc) is 2.62. The monoisotopic (exact) mass is 341 g/mol. The second kappa shape index (κ2) is 7.17. The molecule has 1 aromatic carbocycles. The van der Waals surface area contributed by atoms with Crippen molar-refractivity contribution in [2.75, 3.05) is 19.7 Å². The Balaban J connectivity index is 1.81. The van der Waals surface area contributed by atoms with E-state index >= 15 is 0 Å². The molecule has 1 atom stereocenters. The number of fused-ring (bicyclic) bond motifs is 1. The van der Waals surface area contributed by atoms with E-state index in [0.717, 1.165) is 29.7 Å². The Kier molecular flexibility index (Phi) is 4.97. The van der Waals surface area contributed by atoms with E-state index in [1.807, 2.05) is 19.9 Å². The van der Waals surface area contributed by atoms with E-state index in [2.05, 4.69) is 9.97 Å². The fourth-order valence-electron chi connectivity index (χ4n) is 3.16. The van der Waals surface area contributed by atoms with Crippen molar-refractivity contribution in [2.45, 2.75) is 33.6 Å². The molecule has 132 valence electrons. The molecule has 1 aliphatic heterocycles. The van der Waals surface area contributed by atoms with Gasteiger partial charge in [0.2, 0.25) is 0 Å². The first-order chi connectivity index (χ1) is 12.0. The van der Waals surface area contributed by atoms with Crippen molar-refractivity contribution in [3.63, 3.8) is 0 Å². The van der Waals surface area contributed by atoms with E-state index in [9.17, 15) is 9.59 Å². The highest BCUT2D eigenvalue weighted by molar-refractivity contribution is 5.97. The molecular weight excluding hydrogens is 318 g/mol. The van der Waals surface area contributed by atoms with Crippen LogP contribution in [0.15, 0.2) is 18.2 Å². The molecule has 6 nitrogen and oxygen atoms in total. The van der Waals surface area contributed by atoms with Crippen molar-refractivity contribution >= 4 is 22.9 Å². The van der Waals surface area contributed by atoms with Gasteiger partial charge in [-0.15, -0.1) is 0 Å². The van der Waals surface area contributed by atoms with Gasteiger partial charge in [0.1, 0.15) is 0 Å². The molecule has 1 fully saturated rings. The molecule has 2 aromatic rings. The van der Waals surface area contributed by atoms with Gasteiger partial charge in [0.15, 0.2) is 0 Å². The topological polar surface area (TPSA) is 72.4 Å². The fraction of sp³-hybridized carbons (Fsp3) is 0.474. The minimum absolute atomic E-state index is 0.0732. The molecule has 0 bridgehead atoms. The number of esters is 1. The number of hydrogen-bond donors (Lipinski definition) is 0. The molecule has 0 aliphatic carbocycles. The Morgan fingerprint density at radius 2 is 1.92 bits per heavy atom. The quantitative estimate of drug-likeness (QED) is 0.803. The summed E-state index contributed by atoms with van der Waals surface area (Å²) in [5, 5.41) is 0. The molecule has 6 heteroatoms. The van der Waals surface area contributed by atoms with Gasteiger partial charge in [0.05, 0.1) is 34.9 Å². The summed E-state index contributed by atoms with van der Waals surface area (Å²) in [7, 11) is 0. The van der Waals surface area contributed by atoms with Gasteiger partial charge in [0, 0.05) is 18.7 Å². The van der Waals surface area contributed by atoms with E-state index in [1.54, 1.807) is 24.0 Å². The van der Waals surface area contributed by atoms with E-state index < -0.39 is 0 Å². The normalized spacial score (nSPS) is 17.6. The maximum Gasteiger partial charge on any atom is 0.310 e. The summed E-state index contributed by atoms with van der Waals surface area (Å²) in [5.41, 5.74) is 3.82. The van der Waals surface area contributed by atoms with Crippen LogP contribution in [0.3, 0.4) is 0 Å². The van der Waals surface area contributed by atoms with Crippen LogP contribution >= 0.6 is 0 Å². The zero-order chi connectivity index (χ0) is 18.0. The highest BCUT2D eigenvalue weighted by Crippen LogP contribution is 2.21. The lowest BCUT2D eigenvalue weighted by molar-refractivity contribution is -0.149. The molecule has 0 saturated carbocycles. The highest BCUT2D eigenvalue weighted by atomic mass is 16.5. The third-order valence-corrected chi connectivity index (χ3v) is 4.65. The third-order valence-electron chi connectivity index (χ3n) is 4.65. The molecular formula is C19H23N3O3. The standard InChI is InChI=1S/C19H23N3O3/c1-4-25-19(24)15-6-5-9-22(11-15)18(23)14-7-8-16-17(10-14)21-13(3)12(2)20-16/h7-8,10,15H,4-6,9,11H2,1-3H3/t15-/m1/s1. The van der Waals surface area contributed by atoms with E-state index in [0.29, 0.717) is 30.8 Å². The van der Waals surface area contributed by atoms with Crippen LogP contribution in [0.4, 0.5) is 0 Å². The largest absolute Gasteiger partial charge is 0.466 e. The van der Waals surface area contributed by atoms with Crippen LogP contribution in [-0.4, -0.2) is 46.4 Å². The van der Waals surface area contributed by atoms with Crippen LogP contribution in [0.25, 0.3) is 11.0 Å². The summed E-state index contributed by atoms with van der Waals surface area (Å²) >= 11 is 0. The summed E-state index contributed by atoms with van der Waals surface area (Å²) in [5.74, 6) is -0.519. The molecule has 0 unspecified atom stereocenters. The summed E-state index contributed by atoms with van der Waals surface area (Å²) < 4.78 is 5.10. The number of rotatable bonds is 3. The Morgan fingerprint density at radius 1 is 1.20 bits per heavy atom. The lowest BCUT2D eigenvalue weighted by atomic mass is 9.97. The second-order valence-electron chi connectivity index (χ2n) is 6.44. The van der Waals surface area contributed by atoms with Crippen molar-refractivity contribution < 1.29 is 14.3 Å². The molecule has 3 rings (SSSR count). The molecule has 0 N–H and O–H groups in total. The first-order valence-corrected chi connectivity index (χ1v) is 8.70. The maximum atomic E-state index is 12.8. The van der Waals surface area contributed by atoms with Crippen LogP contribution in [-0.2, 0) is 9.53 Å². The molecule has 1 aromatic heterocycles. The predicted molar refractivity (Wildman–Crippen MR) is 94.3 cm³/mol. The number of aryl methyl sites for hydroxylation is 2. The number of hydrogen-bond acceptors (Lipinski definition) is 5. The van der Waals surface area contributed by atoms with Gasteiger partial charge in [-0.1, -0.05) is 0 Å². The van der Waals surface area contributed by atoms with Crippen molar-refractivity contribution in [3.05, 3.63) is 35.2 Å². The Labute approximate surface area is 147 Å².